The number of amides is 1. The van der Waals surface area contributed by atoms with Crippen LogP contribution in [0.15, 0.2) is 65.1 Å². The lowest BCUT2D eigenvalue weighted by molar-refractivity contribution is -0.118. The monoisotopic (exact) mass is 472 g/mol. The van der Waals surface area contributed by atoms with Crippen LogP contribution < -0.4 is 15.4 Å². The van der Waals surface area contributed by atoms with E-state index in [0.29, 0.717) is 12.3 Å². The minimum atomic E-state index is -0.206. The van der Waals surface area contributed by atoms with Crippen LogP contribution in [0, 0.1) is 13.8 Å². The Balaban J connectivity index is 1.52. The molecule has 0 atom stereocenters. The van der Waals surface area contributed by atoms with Crippen molar-refractivity contribution in [2.45, 2.75) is 20.4 Å². The van der Waals surface area contributed by atoms with Crippen LogP contribution in [0.2, 0.25) is 5.02 Å². The molecule has 0 fully saturated rings. The Morgan fingerprint density at radius 2 is 1.72 bits per heavy atom. The van der Waals surface area contributed by atoms with Crippen molar-refractivity contribution in [1.29, 1.82) is 0 Å². The summed E-state index contributed by atoms with van der Waals surface area (Å²) in [5.74, 6) is 0.411. The number of anilines is 2. The smallest absolute Gasteiger partial charge is 0.262 e. The summed E-state index contributed by atoms with van der Waals surface area (Å²) in [5.41, 5.74) is 4.98. The Kier molecular flexibility index (Phi) is 7.18. The highest BCUT2D eigenvalue weighted by Crippen LogP contribution is 2.27. The summed E-state index contributed by atoms with van der Waals surface area (Å²) < 4.78 is 6.44. The second-order valence-electron chi connectivity index (χ2n) is 6.79. The summed E-state index contributed by atoms with van der Waals surface area (Å²) >= 11 is 9.68. The number of carbonyl (C=O) groups excluding carboxylic acids is 1. The molecule has 0 bridgehead atoms. The first-order chi connectivity index (χ1) is 13.9. The number of halogens is 2. The van der Waals surface area contributed by atoms with E-state index in [1.165, 1.54) is 0 Å². The van der Waals surface area contributed by atoms with E-state index in [0.717, 1.165) is 37.6 Å². The van der Waals surface area contributed by atoms with Crippen molar-refractivity contribution in [2.24, 2.45) is 0 Å². The molecular weight excluding hydrogens is 452 g/mol. The van der Waals surface area contributed by atoms with Crippen molar-refractivity contribution < 1.29 is 9.53 Å². The summed E-state index contributed by atoms with van der Waals surface area (Å²) in [4.78, 5) is 12.1. The number of rotatable bonds is 7. The summed E-state index contributed by atoms with van der Waals surface area (Å²) in [6.45, 7) is 4.56. The topological polar surface area (TPSA) is 50.4 Å². The van der Waals surface area contributed by atoms with Crippen LogP contribution in [0.5, 0.6) is 5.75 Å². The standard InChI is InChI=1S/C23H22BrClN2O2/c1-15-3-7-18(8-4-15)27-23(28)14-29-22-10-6-17(11-20(22)24)13-26-19-9-5-16(2)21(25)12-19/h3-12,26H,13-14H2,1-2H3,(H,27,28). The summed E-state index contributed by atoms with van der Waals surface area (Å²) in [6, 6.07) is 19.3. The third-order valence-electron chi connectivity index (χ3n) is 4.36. The molecule has 0 aromatic heterocycles. The molecule has 4 nitrogen and oxygen atoms in total. The molecule has 6 heteroatoms. The number of aryl methyl sites for hydroxylation is 2. The molecule has 150 valence electrons. The molecule has 0 saturated heterocycles. The van der Waals surface area contributed by atoms with Gasteiger partial charge in [0.1, 0.15) is 5.75 Å². The van der Waals surface area contributed by atoms with E-state index in [2.05, 4.69) is 26.6 Å². The van der Waals surface area contributed by atoms with Crippen LogP contribution in [-0.2, 0) is 11.3 Å². The second-order valence-corrected chi connectivity index (χ2v) is 8.05. The molecule has 29 heavy (non-hydrogen) atoms. The lowest BCUT2D eigenvalue weighted by Gasteiger charge is -2.12. The molecule has 0 aliphatic carbocycles. The summed E-state index contributed by atoms with van der Waals surface area (Å²) in [6.07, 6.45) is 0. The van der Waals surface area contributed by atoms with Crippen molar-refractivity contribution in [2.75, 3.05) is 17.2 Å². The van der Waals surface area contributed by atoms with Gasteiger partial charge in [-0.3, -0.25) is 4.79 Å². The molecule has 0 aliphatic heterocycles. The molecule has 3 aromatic carbocycles. The zero-order chi connectivity index (χ0) is 20.8. The molecule has 1 amide bonds. The van der Waals surface area contributed by atoms with Crippen LogP contribution in [-0.4, -0.2) is 12.5 Å². The van der Waals surface area contributed by atoms with Crippen LogP contribution in [0.4, 0.5) is 11.4 Å². The first-order valence-corrected chi connectivity index (χ1v) is 10.4. The van der Waals surface area contributed by atoms with Gasteiger partial charge in [0.15, 0.2) is 6.61 Å². The molecule has 0 heterocycles. The quantitative estimate of drug-likeness (QED) is 0.420. The largest absolute Gasteiger partial charge is 0.483 e. The number of benzene rings is 3. The van der Waals surface area contributed by atoms with Gasteiger partial charge in [-0.25, -0.2) is 0 Å². The zero-order valence-electron chi connectivity index (χ0n) is 16.3. The first-order valence-electron chi connectivity index (χ1n) is 9.18. The predicted molar refractivity (Wildman–Crippen MR) is 123 cm³/mol. The van der Waals surface area contributed by atoms with E-state index in [4.69, 9.17) is 16.3 Å². The molecule has 0 radical (unpaired) electrons. The van der Waals surface area contributed by atoms with E-state index >= 15 is 0 Å². The third kappa shape index (κ3) is 6.24. The zero-order valence-corrected chi connectivity index (χ0v) is 18.6. The number of ether oxygens (including phenoxy) is 1. The average molecular weight is 474 g/mol. The highest BCUT2D eigenvalue weighted by molar-refractivity contribution is 9.10. The Morgan fingerprint density at radius 3 is 2.41 bits per heavy atom. The van der Waals surface area contributed by atoms with Crippen LogP contribution in [0.25, 0.3) is 0 Å². The maximum Gasteiger partial charge on any atom is 0.262 e. The molecule has 2 N–H and O–H groups in total. The molecular formula is C23H22BrClN2O2. The maximum absolute atomic E-state index is 12.1. The fraction of sp³-hybridized carbons (Fsp3) is 0.174. The van der Waals surface area contributed by atoms with Gasteiger partial charge in [-0.05, 0) is 77.3 Å². The molecule has 0 aliphatic rings. The van der Waals surface area contributed by atoms with Gasteiger partial charge in [0.2, 0.25) is 0 Å². The van der Waals surface area contributed by atoms with E-state index in [1.807, 2.05) is 74.5 Å². The molecule has 3 aromatic rings. The summed E-state index contributed by atoms with van der Waals surface area (Å²) in [7, 11) is 0. The van der Waals surface area contributed by atoms with Crippen LogP contribution in [0.1, 0.15) is 16.7 Å². The fourth-order valence-corrected chi connectivity index (χ4v) is 3.38. The van der Waals surface area contributed by atoms with E-state index in [1.54, 1.807) is 0 Å². The lowest BCUT2D eigenvalue weighted by Crippen LogP contribution is -2.20. The number of hydrogen-bond donors (Lipinski definition) is 2. The molecule has 0 spiro atoms. The van der Waals surface area contributed by atoms with Crippen LogP contribution in [0.3, 0.4) is 0 Å². The van der Waals surface area contributed by atoms with Crippen molar-refractivity contribution in [3.05, 3.63) is 86.8 Å². The molecule has 0 saturated carbocycles. The van der Waals surface area contributed by atoms with Gasteiger partial charge in [-0.15, -0.1) is 0 Å². The Bertz CT molecular complexity index is 1010. The number of nitrogens with one attached hydrogen (secondary N) is 2. The van der Waals surface area contributed by atoms with Crippen molar-refractivity contribution in [3.8, 4) is 5.75 Å². The Morgan fingerprint density at radius 1 is 1.00 bits per heavy atom. The maximum atomic E-state index is 12.1. The minimum Gasteiger partial charge on any atom is -0.483 e. The lowest BCUT2D eigenvalue weighted by atomic mass is 10.2. The van der Waals surface area contributed by atoms with E-state index < -0.39 is 0 Å². The van der Waals surface area contributed by atoms with E-state index in [-0.39, 0.29) is 12.5 Å². The molecule has 3 rings (SSSR count). The predicted octanol–water partition coefficient (Wildman–Crippen LogP) is 6.35. The summed E-state index contributed by atoms with van der Waals surface area (Å²) in [5, 5.41) is 6.90. The second kappa shape index (κ2) is 9.81. The van der Waals surface area contributed by atoms with Crippen molar-refractivity contribution >= 4 is 44.8 Å². The van der Waals surface area contributed by atoms with Gasteiger partial charge in [0.25, 0.3) is 5.91 Å². The normalized spacial score (nSPS) is 10.5. The first kappa shape index (κ1) is 21.2. The van der Waals surface area contributed by atoms with Gasteiger partial charge in [-0.2, -0.15) is 0 Å². The van der Waals surface area contributed by atoms with Gasteiger partial charge in [0.05, 0.1) is 4.47 Å². The molecule has 0 unspecified atom stereocenters. The highest BCUT2D eigenvalue weighted by atomic mass is 79.9. The Labute approximate surface area is 184 Å². The van der Waals surface area contributed by atoms with Crippen molar-refractivity contribution in [1.82, 2.24) is 0 Å². The number of carbonyl (C=O) groups is 1. The third-order valence-corrected chi connectivity index (χ3v) is 5.39. The van der Waals surface area contributed by atoms with Crippen LogP contribution >= 0.6 is 27.5 Å². The Hall–Kier alpha value is -2.50. The SMILES string of the molecule is Cc1ccc(NC(=O)COc2ccc(CNc3ccc(C)c(Cl)c3)cc2Br)cc1. The van der Waals surface area contributed by atoms with Gasteiger partial charge in [0, 0.05) is 22.9 Å². The van der Waals surface area contributed by atoms with Gasteiger partial charge >= 0.3 is 0 Å². The van der Waals surface area contributed by atoms with Gasteiger partial charge in [-0.1, -0.05) is 41.4 Å². The fourth-order valence-electron chi connectivity index (χ4n) is 2.66. The van der Waals surface area contributed by atoms with Gasteiger partial charge < -0.3 is 15.4 Å². The minimum absolute atomic E-state index is 0.0636. The highest BCUT2D eigenvalue weighted by Gasteiger charge is 2.08. The average Bonchev–Trinajstić information content (AvgIpc) is 2.70. The van der Waals surface area contributed by atoms with Crippen molar-refractivity contribution in [3.63, 3.8) is 0 Å². The number of hydrogen-bond acceptors (Lipinski definition) is 3. The van der Waals surface area contributed by atoms with E-state index in [9.17, 15) is 4.79 Å².